The Morgan fingerprint density at radius 3 is 2.48 bits per heavy atom. The van der Waals surface area contributed by atoms with Crippen molar-refractivity contribution in [1.82, 2.24) is 19.7 Å². The zero-order valence-corrected chi connectivity index (χ0v) is 17.7. The Morgan fingerprint density at radius 1 is 1.10 bits per heavy atom. The number of carbonyl (C=O) groups excluding carboxylic acids is 1. The van der Waals surface area contributed by atoms with Gasteiger partial charge in [0.1, 0.15) is 5.76 Å². The van der Waals surface area contributed by atoms with Crippen LogP contribution in [0.15, 0.2) is 52.2 Å². The van der Waals surface area contributed by atoms with Gasteiger partial charge in [0.25, 0.3) is 0 Å². The van der Waals surface area contributed by atoms with E-state index in [0.717, 1.165) is 48.5 Å². The molecule has 0 radical (unpaired) electrons. The number of rotatable bonds is 5. The van der Waals surface area contributed by atoms with E-state index in [1.807, 2.05) is 54.6 Å². The van der Waals surface area contributed by atoms with Crippen molar-refractivity contribution in [2.45, 2.75) is 24.3 Å². The van der Waals surface area contributed by atoms with Gasteiger partial charge in [-0.25, -0.2) is 0 Å². The van der Waals surface area contributed by atoms with E-state index >= 15 is 0 Å². The molecule has 0 aliphatic carbocycles. The molecule has 4 rings (SSSR count). The van der Waals surface area contributed by atoms with Crippen molar-refractivity contribution in [3.05, 3.63) is 48.4 Å². The van der Waals surface area contributed by atoms with Gasteiger partial charge in [0.2, 0.25) is 5.91 Å². The fourth-order valence-electron chi connectivity index (χ4n) is 3.56. The Bertz CT molecular complexity index is 976. The summed E-state index contributed by atoms with van der Waals surface area (Å²) >= 11 is 1.45. The van der Waals surface area contributed by atoms with Gasteiger partial charge in [-0.3, -0.25) is 4.79 Å². The number of para-hydroxylation sites is 1. The Morgan fingerprint density at radius 2 is 1.83 bits per heavy atom. The number of hydrogen-bond acceptors (Lipinski definition) is 6. The molecule has 152 valence electrons. The minimum absolute atomic E-state index is 0.145. The summed E-state index contributed by atoms with van der Waals surface area (Å²) in [6, 6.07) is 12.2. The molecular weight excluding hydrogens is 386 g/mol. The molecule has 8 heteroatoms. The molecule has 0 saturated carbocycles. The summed E-state index contributed by atoms with van der Waals surface area (Å²) in [5.74, 6) is 1.69. The largest absolute Gasteiger partial charge is 0.469 e. The molecule has 1 aliphatic rings. The lowest BCUT2D eigenvalue weighted by Gasteiger charge is -2.37. The number of piperazine rings is 1. The third kappa shape index (κ3) is 4.03. The zero-order valence-electron chi connectivity index (χ0n) is 16.9. The van der Waals surface area contributed by atoms with Crippen LogP contribution in [0, 0.1) is 6.92 Å². The molecule has 1 aliphatic heterocycles. The maximum atomic E-state index is 13.0. The van der Waals surface area contributed by atoms with Gasteiger partial charge in [0.15, 0.2) is 11.0 Å². The maximum absolute atomic E-state index is 13.0. The predicted octanol–water partition coefficient (Wildman–Crippen LogP) is 3.21. The molecule has 7 nitrogen and oxygen atoms in total. The van der Waals surface area contributed by atoms with E-state index in [2.05, 4.69) is 27.2 Å². The number of nitrogens with zero attached hydrogens (tertiary/aromatic N) is 5. The summed E-state index contributed by atoms with van der Waals surface area (Å²) in [6.07, 6.45) is 1.65. The van der Waals surface area contributed by atoms with Crippen LogP contribution in [0.2, 0.25) is 0 Å². The standard InChI is InChI=1S/C21H25N5O2S/c1-15-18(9-14-28-15)19-22-23-21(24(19)3)29-16(2)20(27)26-12-10-25(11-13-26)17-7-5-4-6-8-17/h4-9,14,16H,10-13H2,1-3H3/t16-/m1/s1. The lowest BCUT2D eigenvalue weighted by molar-refractivity contribution is -0.130. The van der Waals surface area contributed by atoms with Crippen LogP contribution in [0.25, 0.3) is 11.4 Å². The molecule has 3 heterocycles. The first-order valence-electron chi connectivity index (χ1n) is 9.74. The van der Waals surface area contributed by atoms with Crippen LogP contribution in [0.1, 0.15) is 12.7 Å². The number of furan rings is 1. The molecule has 2 aromatic heterocycles. The van der Waals surface area contributed by atoms with E-state index in [4.69, 9.17) is 4.42 Å². The summed E-state index contributed by atoms with van der Waals surface area (Å²) in [5.41, 5.74) is 2.13. The minimum atomic E-state index is -0.223. The molecule has 0 N–H and O–H groups in total. The van der Waals surface area contributed by atoms with E-state index in [0.29, 0.717) is 0 Å². The Kier molecular flexibility index (Phi) is 5.62. The van der Waals surface area contributed by atoms with Crippen molar-refractivity contribution in [2.75, 3.05) is 31.1 Å². The molecule has 1 fully saturated rings. The van der Waals surface area contributed by atoms with Gasteiger partial charge in [-0.1, -0.05) is 30.0 Å². The van der Waals surface area contributed by atoms with Crippen LogP contribution in [0.3, 0.4) is 0 Å². The van der Waals surface area contributed by atoms with Crippen LogP contribution in [0.5, 0.6) is 0 Å². The molecule has 0 bridgehead atoms. The molecule has 1 aromatic carbocycles. The minimum Gasteiger partial charge on any atom is -0.469 e. The third-order valence-corrected chi connectivity index (χ3v) is 6.40. The highest BCUT2D eigenvalue weighted by atomic mass is 32.2. The number of anilines is 1. The van der Waals surface area contributed by atoms with Gasteiger partial charge < -0.3 is 18.8 Å². The van der Waals surface area contributed by atoms with Crippen molar-refractivity contribution in [3.8, 4) is 11.4 Å². The summed E-state index contributed by atoms with van der Waals surface area (Å²) in [6.45, 7) is 7.00. The van der Waals surface area contributed by atoms with Gasteiger partial charge in [0.05, 0.1) is 17.1 Å². The van der Waals surface area contributed by atoms with Crippen molar-refractivity contribution in [2.24, 2.45) is 7.05 Å². The van der Waals surface area contributed by atoms with E-state index in [1.165, 1.54) is 17.4 Å². The number of aromatic nitrogens is 3. The number of aryl methyl sites for hydroxylation is 1. The highest BCUT2D eigenvalue weighted by Gasteiger charge is 2.27. The summed E-state index contributed by atoms with van der Waals surface area (Å²) in [7, 11) is 1.92. The highest BCUT2D eigenvalue weighted by molar-refractivity contribution is 8.00. The average molecular weight is 412 g/mol. The first-order chi connectivity index (χ1) is 14.0. The van der Waals surface area contributed by atoms with Crippen molar-refractivity contribution in [3.63, 3.8) is 0 Å². The van der Waals surface area contributed by atoms with Crippen molar-refractivity contribution in [1.29, 1.82) is 0 Å². The summed E-state index contributed by atoms with van der Waals surface area (Å²) in [5, 5.41) is 9.08. The quantitative estimate of drug-likeness (QED) is 0.601. The lowest BCUT2D eigenvalue weighted by atomic mass is 10.2. The van der Waals surface area contributed by atoms with E-state index in [9.17, 15) is 4.79 Å². The smallest absolute Gasteiger partial charge is 0.236 e. The Labute approximate surface area is 174 Å². The van der Waals surface area contributed by atoms with Gasteiger partial charge >= 0.3 is 0 Å². The first-order valence-corrected chi connectivity index (χ1v) is 10.6. The number of carbonyl (C=O) groups is 1. The number of benzene rings is 1. The first kappa shape index (κ1) is 19.6. The van der Waals surface area contributed by atoms with E-state index < -0.39 is 0 Å². The monoisotopic (exact) mass is 411 g/mol. The summed E-state index contributed by atoms with van der Waals surface area (Å²) < 4.78 is 7.29. The van der Waals surface area contributed by atoms with Crippen LogP contribution in [0.4, 0.5) is 5.69 Å². The van der Waals surface area contributed by atoms with Crippen LogP contribution in [-0.4, -0.2) is 57.0 Å². The van der Waals surface area contributed by atoms with Crippen molar-refractivity contribution >= 4 is 23.4 Å². The molecule has 1 atom stereocenters. The second-order valence-corrected chi connectivity index (χ2v) is 8.47. The van der Waals surface area contributed by atoms with Crippen LogP contribution in [-0.2, 0) is 11.8 Å². The van der Waals surface area contributed by atoms with Gasteiger partial charge in [-0.2, -0.15) is 0 Å². The Balaban J connectivity index is 1.37. The lowest BCUT2D eigenvalue weighted by Crippen LogP contribution is -2.50. The van der Waals surface area contributed by atoms with Gasteiger partial charge in [-0.15, -0.1) is 10.2 Å². The fraction of sp³-hybridized carbons (Fsp3) is 0.381. The molecule has 29 heavy (non-hydrogen) atoms. The molecule has 3 aromatic rings. The third-order valence-electron chi connectivity index (χ3n) is 5.28. The van der Waals surface area contributed by atoms with Gasteiger partial charge in [-0.05, 0) is 32.0 Å². The van der Waals surface area contributed by atoms with Crippen molar-refractivity contribution < 1.29 is 9.21 Å². The number of thioether (sulfide) groups is 1. The summed E-state index contributed by atoms with van der Waals surface area (Å²) in [4.78, 5) is 17.2. The second kappa shape index (κ2) is 8.32. The van der Waals surface area contributed by atoms with Crippen LogP contribution < -0.4 is 4.90 Å². The SMILES string of the molecule is Cc1occc1-c1nnc(S[C@H](C)C(=O)N2CCN(c3ccccc3)CC2)n1C. The number of amides is 1. The predicted molar refractivity (Wildman–Crippen MR) is 114 cm³/mol. The van der Waals surface area contributed by atoms with Gasteiger partial charge in [0, 0.05) is 38.9 Å². The molecular formula is C21H25N5O2S. The molecule has 1 amide bonds. The second-order valence-electron chi connectivity index (χ2n) is 7.16. The maximum Gasteiger partial charge on any atom is 0.236 e. The normalized spacial score (nSPS) is 15.6. The highest BCUT2D eigenvalue weighted by Crippen LogP contribution is 2.28. The Hall–Kier alpha value is -2.74. The van der Waals surface area contributed by atoms with E-state index in [1.54, 1.807) is 6.26 Å². The number of hydrogen-bond donors (Lipinski definition) is 0. The fourth-order valence-corrected chi connectivity index (χ4v) is 4.46. The molecule has 0 spiro atoms. The van der Waals surface area contributed by atoms with Crippen LogP contribution >= 0.6 is 11.8 Å². The zero-order chi connectivity index (χ0) is 20.4. The molecule has 1 saturated heterocycles. The van der Waals surface area contributed by atoms with E-state index in [-0.39, 0.29) is 11.2 Å². The topological polar surface area (TPSA) is 67.4 Å². The molecule has 0 unspecified atom stereocenters. The average Bonchev–Trinajstić information content (AvgIpc) is 3.33.